The van der Waals surface area contributed by atoms with E-state index < -0.39 is 0 Å². The number of benzene rings is 1. The number of ether oxygens (including phenoxy) is 1. The first-order valence-electron chi connectivity index (χ1n) is 8.78. The zero-order valence-electron chi connectivity index (χ0n) is 14.7. The fraction of sp³-hybridized carbons (Fsp3) is 0.211. The van der Waals surface area contributed by atoms with Crippen molar-refractivity contribution in [2.45, 2.75) is 12.6 Å². The number of hydrogen-bond acceptors (Lipinski definition) is 6. The molecule has 0 aliphatic carbocycles. The Morgan fingerprint density at radius 2 is 2.14 bits per heavy atom. The topological polar surface area (TPSA) is 90.4 Å². The molecule has 142 valence electrons. The van der Waals surface area contributed by atoms with Gasteiger partial charge < -0.3 is 15.8 Å². The number of halogens is 2. The number of rotatable bonds is 4. The van der Waals surface area contributed by atoms with Crippen LogP contribution in [-0.2, 0) is 11.3 Å². The van der Waals surface area contributed by atoms with E-state index in [-0.39, 0.29) is 5.82 Å². The van der Waals surface area contributed by atoms with Crippen molar-refractivity contribution >= 4 is 38.3 Å². The van der Waals surface area contributed by atoms with E-state index in [1.54, 1.807) is 23.0 Å². The highest BCUT2D eigenvalue weighted by atomic mass is 79.9. The van der Waals surface area contributed by atoms with Crippen LogP contribution in [0.3, 0.4) is 0 Å². The predicted molar refractivity (Wildman–Crippen MR) is 107 cm³/mol. The predicted octanol–water partition coefficient (Wildman–Crippen LogP) is 2.92. The van der Waals surface area contributed by atoms with Crippen LogP contribution in [0.15, 0.2) is 41.1 Å². The summed E-state index contributed by atoms with van der Waals surface area (Å²) in [4.78, 5) is 9.20. The molecule has 0 atom stereocenters. The summed E-state index contributed by atoms with van der Waals surface area (Å²) in [5, 5.41) is 8.48. The van der Waals surface area contributed by atoms with Gasteiger partial charge >= 0.3 is 0 Å². The molecule has 5 rings (SSSR count). The zero-order chi connectivity index (χ0) is 19.3. The molecule has 0 amide bonds. The zero-order valence-corrected chi connectivity index (χ0v) is 16.3. The van der Waals surface area contributed by atoms with Crippen molar-refractivity contribution < 1.29 is 9.13 Å². The first-order valence-corrected chi connectivity index (χ1v) is 9.58. The van der Waals surface area contributed by atoms with Crippen molar-refractivity contribution in [3.63, 3.8) is 0 Å². The number of hydrogen-bond donors (Lipinski definition) is 2. The number of nitrogens with one attached hydrogen (secondary N) is 1. The lowest BCUT2D eigenvalue weighted by molar-refractivity contribution is -0.00592. The molecular weight excluding hydrogens is 427 g/mol. The van der Waals surface area contributed by atoms with Crippen LogP contribution in [0.25, 0.3) is 27.7 Å². The van der Waals surface area contributed by atoms with Gasteiger partial charge in [-0.2, -0.15) is 9.61 Å². The fourth-order valence-corrected chi connectivity index (χ4v) is 3.61. The van der Waals surface area contributed by atoms with Crippen molar-refractivity contribution in [2.75, 3.05) is 18.9 Å². The standard InChI is InChI=1S/C19H16BrFN6O/c20-17-16(7-23-13-8-28-9-13)26-19-14(6-25-27(19)18(17)22)11-3-10-4-12(21)1-2-15(10)24-5-11/h1-6,13,23H,7-9,22H2. The Morgan fingerprint density at radius 3 is 2.93 bits per heavy atom. The monoisotopic (exact) mass is 442 g/mol. The number of anilines is 1. The molecule has 0 unspecified atom stereocenters. The van der Waals surface area contributed by atoms with Gasteiger partial charge in [-0.1, -0.05) is 0 Å². The Labute approximate surface area is 167 Å². The lowest BCUT2D eigenvalue weighted by Crippen LogP contribution is -2.45. The Balaban J connectivity index is 1.60. The smallest absolute Gasteiger partial charge is 0.165 e. The van der Waals surface area contributed by atoms with E-state index in [9.17, 15) is 4.39 Å². The maximum Gasteiger partial charge on any atom is 0.165 e. The number of fused-ring (bicyclic) bond motifs is 2. The SMILES string of the molecule is Nc1c(Br)c(CNC2COC2)nc2c(-c3cnc4ccc(F)cc4c3)cnn12. The minimum absolute atomic E-state index is 0.300. The maximum absolute atomic E-state index is 13.6. The number of nitrogens with zero attached hydrogens (tertiary/aromatic N) is 4. The van der Waals surface area contributed by atoms with Gasteiger partial charge in [-0.05, 0) is 40.2 Å². The summed E-state index contributed by atoms with van der Waals surface area (Å²) in [6.45, 7) is 1.96. The van der Waals surface area contributed by atoms with Gasteiger partial charge in [-0.25, -0.2) is 9.37 Å². The Kier molecular flexibility index (Phi) is 4.22. The van der Waals surface area contributed by atoms with E-state index >= 15 is 0 Å². The van der Waals surface area contributed by atoms with Crippen molar-refractivity contribution in [2.24, 2.45) is 0 Å². The van der Waals surface area contributed by atoms with E-state index in [1.165, 1.54) is 12.1 Å². The van der Waals surface area contributed by atoms with Crippen LogP contribution in [-0.4, -0.2) is 38.8 Å². The molecule has 0 spiro atoms. The molecule has 1 saturated heterocycles. The number of nitrogens with two attached hydrogens (primary N) is 1. The maximum atomic E-state index is 13.6. The van der Waals surface area contributed by atoms with Gasteiger partial charge in [0.25, 0.3) is 0 Å². The molecule has 3 N–H and O–H groups in total. The third-order valence-corrected chi connectivity index (χ3v) is 5.71. The molecule has 4 heterocycles. The van der Waals surface area contributed by atoms with Crippen LogP contribution in [0.2, 0.25) is 0 Å². The van der Waals surface area contributed by atoms with E-state index in [2.05, 4.69) is 31.3 Å². The molecule has 28 heavy (non-hydrogen) atoms. The number of nitrogen functional groups attached to an aromatic ring is 1. The summed E-state index contributed by atoms with van der Waals surface area (Å²) in [5.74, 6) is 0.170. The molecule has 3 aromatic heterocycles. The summed E-state index contributed by atoms with van der Waals surface area (Å²) in [7, 11) is 0. The lowest BCUT2D eigenvalue weighted by atomic mass is 10.1. The van der Waals surface area contributed by atoms with Gasteiger partial charge in [-0.15, -0.1) is 0 Å². The molecule has 0 radical (unpaired) electrons. The number of pyridine rings is 1. The van der Waals surface area contributed by atoms with Gasteiger partial charge in [0.05, 0.1) is 41.1 Å². The van der Waals surface area contributed by atoms with Crippen molar-refractivity contribution in [3.8, 4) is 11.1 Å². The number of aromatic nitrogens is 4. The van der Waals surface area contributed by atoms with Crippen LogP contribution in [0.1, 0.15) is 5.69 Å². The van der Waals surface area contributed by atoms with Gasteiger partial charge in [-0.3, -0.25) is 4.98 Å². The van der Waals surface area contributed by atoms with Crippen molar-refractivity contribution in [1.29, 1.82) is 0 Å². The lowest BCUT2D eigenvalue weighted by Gasteiger charge is -2.27. The summed E-state index contributed by atoms with van der Waals surface area (Å²) in [6.07, 6.45) is 3.44. The third kappa shape index (κ3) is 2.92. The fourth-order valence-electron chi connectivity index (χ4n) is 3.21. The van der Waals surface area contributed by atoms with Crippen molar-refractivity contribution in [1.82, 2.24) is 24.9 Å². The summed E-state index contributed by atoms with van der Waals surface area (Å²) >= 11 is 3.52. The average molecular weight is 443 g/mol. The van der Waals surface area contributed by atoms with E-state index in [0.717, 1.165) is 22.3 Å². The highest BCUT2D eigenvalue weighted by molar-refractivity contribution is 9.10. The second-order valence-corrected chi connectivity index (χ2v) is 7.52. The Morgan fingerprint density at radius 1 is 1.29 bits per heavy atom. The highest BCUT2D eigenvalue weighted by Gasteiger charge is 2.20. The molecule has 1 fully saturated rings. The van der Waals surface area contributed by atoms with Gasteiger partial charge in [0.1, 0.15) is 11.6 Å². The van der Waals surface area contributed by atoms with Gasteiger partial charge in [0.15, 0.2) is 5.65 Å². The molecule has 0 bridgehead atoms. The van der Waals surface area contributed by atoms with Crippen LogP contribution in [0, 0.1) is 5.82 Å². The summed E-state index contributed by atoms with van der Waals surface area (Å²) in [6, 6.07) is 6.73. The largest absolute Gasteiger partial charge is 0.383 e. The molecule has 7 nitrogen and oxygen atoms in total. The Bertz CT molecular complexity index is 1210. The molecular formula is C19H16BrFN6O. The molecule has 4 aromatic rings. The van der Waals surface area contributed by atoms with Crippen LogP contribution < -0.4 is 11.1 Å². The van der Waals surface area contributed by atoms with Crippen LogP contribution >= 0.6 is 15.9 Å². The molecule has 1 aliphatic rings. The summed E-state index contributed by atoms with van der Waals surface area (Å²) in [5.41, 5.74) is 9.99. The molecule has 1 aromatic carbocycles. The van der Waals surface area contributed by atoms with Crippen molar-refractivity contribution in [3.05, 3.63) is 52.6 Å². The second-order valence-electron chi connectivity index (χ2n) is 6.73. The van der Waals surface area contributed by atoms with E-state index in [4.69, 9.17) is 15.5 Å². The van der Waals surface area contributed by atoms with E-state index in [0.29, 0.717) is 47.1 Å². The molecule has 9 heteroatoms. The highest BCUT2D eigenvalue weighted by Crippen LogP contribution is 2.31. The second kappa shape index (κ2) is 6.77. The van der Waals surface area contributed by atoms with Crippen LogP contribution in [0.4, 0.5) is 10.2 Å². The first kappa shape index (κ1) is 17.5. The van der Waals surface area contributed by atoms with E-state index in [1.807, 2.05) is 6.07 Å². The third-order valence-electron chi connectivity index (χ3n) is 4.84. The average Bonchev–Trinajstić information content (AvgIpc) is 3.07. The molecule has 1 aliphatic heterocycles. The molecule has 0 saturated carbocycles. The van der Waals surface area contributed by atoms with Gasteiger partial charge in [0.2, 0.25) is 0 Å². The van der Waals surface area contributed by atoms with Crippen LogP contribution in [0.5, 0.6) is 0 Å². The minimum atomic E-state index is -0.300. The van der Waals surface area contributed by atoms with Gasteiger partial charge in [0, 0.05) is 29.3 Å². The summed E-state index contributed by atoms with van der Waals surface area (Å²) < 4.78 is 21.1. The minimum Gasteiger partial charge on any atom is -0.383 e. The normalized spacial score (nSPS) is 14.6. The Hall–Kier alpha value is -2.62. The first-order chi connectivity index (χ1) is 13.6. The quantitative estimate of drug-likeness (QED) is 0.504.